The van der Waals surface area contributed by atoms with Crippen LogP contribution in [0.25, 0.3) is 0 Å². The molecule has 0 aromatic carbocycles. The minimum absolute atomic E-state index is 0.152. The number of unbranched alkanes of at least 4 members (excludes halogenated alkanes) is 50. The molecule has 1 amide bonds. The summed E-state index contributed by atoms with van der Waals surface area (Å²) in [6.07, 6.45) is 86.5. The number of amides is 1. The summed E-state index contributed by atoms with van der Waals surface area (Å²) in [5, 5.41) is 33.8. The Hall–Kier alpha value is -1.43. The van der Waals surface area contributed by atoms with Gasteiger partial charge in [0.1, 0.15) is 6.10 Å². The summed E-state index contributed by atoms with van der Waals surface area (Å²) in [4.78, 5) is 12.6. The van der Waals surface area contributed by atoms with Crippen molar-refractivity contribution in [2.24, 2.45) is 0 Å². The van der Waals surface area contributed by atoms with E-state index in [1.54, 1.807) is 0 Å². The molecular weight excluding hydrogens is 919 g/mol. The van der Waals surface area contributed by atoms with Crippen LogP contribution in [0.4, 0.5) is 0 Å². The second-order valence-electron chi connectivity index (χ2n) is 23.7. The van der Waals surface area contributed by atoms with E-state index in [4.69, 9.17) is 0 Å². The monoisotopic (exact) mass is 1050 g/mol. The van der Waals surface area contributed by atoms with Crippen LogP contribution in [0.15, 0.2) is 36.5 Å². The number of aliphatic hydroxyl groups is 3. The average molecular weight is 1050 g/mol. The van der Waals surface area contributed by atoms with Gasteiger partial charge < -0.3 is 20.6 Å². The molecule has 0 heterocycles. The van der Waals surface area contributed by atoms with Crippen LogP contribution >= 0.6 is 0 Å². The molecule has 3 unspecified atom stereocenters. The lowest BCUT2D eigenvalue weighted by Crippen LogP contribution is -2.50. The number of carbonyl (C=O) groups excluding carboxylic acids is 1. The van der Waals surface area contributed by atoms with Gasteiger partial charge in [0.2, 0.25) is 5.91 Å². The highest BCUT2D eigenvalue weighted by Gasteiger charge is 2.26. The summed E-state index contributed by atoms with van der Waals surface area (Å²) < 4.78 is 0. The predicted octanol–water partition coefficient (Wildman–Crippen LogP) is 22.1. The Balaban J connectivity index is 3.48. The third-order valence-electron chi connectivity index (χ3n) is 16.2. The van der Waals surface area contributed by atoms with Gasteiger partial charge in [-0.3, -0.25) is 4.79 Å². The van der Waals surface area contributed by atoms with Gasteiger partial charge in [-0.2, -0.15) is 0 Å². The number of nitrogens with one attached hydrogen (secondary N) is 1. The average Bonchev–Trinajstić information content (AvgIpc) is 3.41. The Morgan fingerprint density at radius 2 is 0.547 bits per heavy atom. The first-order valence-electron chi connectivity index (χ1n) is 34.3. The molecule has 0 aliphatic rings. The van der Waals surface area contributed by atoms with E-state index in [0.717, 1.165) is 44.9 Å². The Bertz CT molecular complexity index is 1170. The van der Waals surface area contributed by atoms with E-state index in [1.165, 1.54) is 308 Å². The zero-order valence-corrected chi connectivity index (χ0v) is 51.0. The summed E-state index contributed by atoms with van der Waals surface area (Å²) in [6, 6.07) is -0.833. The second-order valence-corrected chi connectivity index (χ2v) is 23.7. The van der Waals surface area contributed by atoms with Crippen molar-refractivity contribution in [2.45, 2.75) is 398 Å². The summed E-state index contributed by atoms with van der Waals surface area (Å²) in [7, 11) is 0. The van der Waals surface area contributed by atoms with Crippen molar-refractivity contribution in [3.63, 3.8) is 0 Å². The van der Waals surface area contributed by atoms with Crippen LogP contribution in [-0.2, 0) is 4.79 Å². The quantitative estimate of drug-likeness (QED) is 0.0361. The highest BCUT2D eigenvalue weighted by Crippen LogP contribution is 2.19. The lowest BCUT2D eigenvalue weighted by molar-refractivity contribution is -0.124. The number of hydrogen-bond acceptors (Lipinski definition) is 4. The fraction of sp³-hybridized carbons (Fsp3) is 0.900. The van der Waals surface area contributed by atoms with Crippen molar-refractivity contribution in [3.8, 4) is 0 Å². The minimum Gasteiger partial charge on any atom is -0.394 e. The molecule has 0 aliphatic carbocycles. The molecule has 3 atom stereocenters. The third kappa shape index (κ3) is 60.1. The molecule has 0 saturated heterocycles. The van der Waals surface area contributed by atoms with E-state index in [2.05, 4.69) is 55.6 Å². The van der Waals surface area contributed by atoms with E-state index < -0.39 is 18.2 Å². The van der Waals surface area contributed by atoms with Crippen LogP contribution in [0, 0.1) is 0 Å². The van der Waals surface area contributed by atoms with Gasteiger partial charge in [0.15, 0.2) is 0 Å². The fourth-order valence-corrected chi connectivity index (χ4v) is 10.9. The molecule has 5 heteroatoms. The first-order chi connectivity index (χ1) is 37.1. The van der Waals surface area contributed by atoms with E-state index in [9.17, 15) is 20.1 Å². The number of rotatable bonds is 64. The normalized spacial score (nSPS) is 13.3. The maximum Gasteiger partial charge on any atom is 0.220 e. The van der Waals surface area contributed by atoms with Crippen molar-refractivity contribution in [1.29, 1.82) is 0 Å². The van der Waals surface area contributed by atoms with Crippen LogP contribution in [0.3, 0.4) is 0 Å². The largest absolute Gasteiger partial charge is 0.394 e. The molecule has 5 nitrogen and oxygen atoms in total. The van der Waals surface area contributed by atoms with Gasteiger partial charge >= 0.3 is 0 Å². The smallest absolute Gasteiger partial charge is 0.220 e. The molecule has 0 fully saturated rings. The van der Waals surface area contributed by atoms with Crippen molar-refractivity contribution >= 4 is 5.91 Å². The number of aliphatic hydroxyl groups excluding tert-OH is 3. The maximum atomic E-state index is 12.6. The molecule has 0 radical (unpaired) electrons. The van der Waals surface area contributed by atoms with Crippen LogP contribution < -0.4 is 5.32 Å². The maximum absolute atomic E-state index is 12.6. The minimum atomic E-state index is -1.17. The lowest BCUT2D eigenvalue weighted by Gasteiger charge is -2.26. The van der Waals surface area contributed by atoms with Crippen LogP contribution in [0.1, 0.15) is 380 Å². The Morgan fingerprint density at radius 1 is 0.320 bits per heavy atom. The third-order valence-corrected chi connectivity index (χ3v) is 16.2. The Labute approximate surface area is 470 Å². The predicted molar refractivity (Wildman–Crippen MR) is 333 cm³/mol. The van der Waals surface area contributed by atoms with Crippen LogP contribution in [-0.4, -0.2) is 46.1 Å². The lowest BCUT2D eigenvalue weighted by atomic mass is 10.0. The number of hydrogen-bond donors (Lipinski definition) is 4. The van der Waals surface area contributed by atoms with Gasteiger partial charge in [0.25, 0.3) is 0 Å². The van der Waals surface area contributed by atoms with Crippen molar-refractivity contribution in [1.82, 2.24) is 5.32 Å². The zero-order valence-electron chi connectivity index (χ0n) is 51.0. The SMILES string of the molecule is CCCCCCCCCCCCCCC/C=C/CC/C=C/CCCC(O)C(O)C(CO)NC(=O)CCCCCCCCCCCCCCCCCCC/C=C\CCCCCCCCCCCCCCCCCCCC. The van der Waals surface area contributed by atoms with Crippen molar-refractivity contribution in [2.75, 3.05) is 6.61 Å². The van der Waals surface area contributed by atoms with Crippen molar-refractivity contribution < 1.29 is 20.1 Å². The molecule has 0 rings (SSSR count). The molecule has 75 heavy (non-hydrogen) atoms. The molecule has 0 aromatic rings. The Kier molecular flexibility index (Phi) is 63.8. The van der Waals surface area contributed by atoms with Gasteiger partial charge in [0.05, 0.1) is 18.8 Å². The molecule has 0 aliphatic heterocycles. The van der Waals surface area contributed by atoms with Crippen LogP contribution in [0.5, 0.6) is 0 Å². The molecular formula is C70H135NO4. The summed E-state index contributed by atoms with van der Waals surface area (Å²) >= 11 is 0. The molecule has 0 saturated carbocycles. The topological polar surface area (TPSA) is 89.8 Å². The van der Waals surface area contributed by atoms with Gasteiger partial charge in [-0.25, -0.2) is 0 Å². The van der Waals surface area contributed by atoms with Crippen molar-refractivity contribution in [3.05, 3.63) is 36.5 Å². The van der Waals surface area contributed by atoms with Gasteiger partial charge in [-0.05, 0) is 77.0 Å². The number of carbonyl (C=O) groups is 1. The first kappa shape index (κ1) is 73.6. The van der Waals surface area contributed by atoms with Gasteiger partial charge in [-0.1, -0.05) is 333 Å². The molecule has 0 aromatic heterocycles. The highest BCUT2D eigenvalue weighted by molar-refractivity contribution is 5.76. The summed E-state index contributed by atoms with van der Waals surface area (Å²) in [6.45, 7) is 4.21. The highest BCUT2D eigenvalue weighted by atomic mass is 16.3. The Morgan fingerprint density at radius 3 is 0.813 bits per heavy atom. The fourth-order valence-electron chi connectivity index (χ4n) is 10.9. The van der Waals surface area contributed by atoms with E-state index >= 15 is 0 Å². The van der Waals surface area contributed by atoms with Gasteiger partial charge in [0, 0.05) is 6.42 Å². The number of allylic oxidation sites excluding steroid dienone is 6. The van der Waals surface area contributed by atoms with E-state index in [1.807, 2.05) is 0 Å². The molecule has 444 valence electrons. The molecule has 4 N–H and O–H groups in total. The van der Waals surface area contributed by atoms with E-state index in [-0.39, 0.29) is 12.5 Å². The summed E-state index contributed by atoms with van der Waals surface area (Å²) in [5.41, 5.74) is 0. The zero-order chi connectivity index (χ0) is 54.3. The first-order valence-corrected chi connectivity index (χ1v) is 34.3. The van der Waals surface area contributed by atoms with Crippen LogP contribution in [0.2, 0.25) is 0 Å². The second kappa shape index (κ2) is 65.1. The van der Waals surface area contributed by atoms with E-state index in [0.29, 0.717) is 12.8 Å². The summed E-state index contributed by atoms with van der Waals surface area (Å²) in [5.74, 6) is -0.152. The standard InChI is InChI=1S/C70H135NO4/c1-3-5-7-9-11-13-15-17-19-21-23-25-27-28-29-30-31-32-33-34-35-36-37-38-39-40-41-42-43-45-47-49-51-53-55-57-59-61-63-65-69(74)71-67(66-72)70(75)68(73)64-62-60-58-56-54-52-50-48-46-44-26-24-22-20-18-16-14-12-10-8-6-4-2/h34-35,48,50,56,58,67-68,70,72-73,75H,3-33,36-47,49,51-55,57,59-66H2,1-2H3,(H,71,74)/b35-34-,50-48+,58-56+. The molecule has 0 spiro atoms. The molecule has 0 bridgehead atoms. The van der Waals surface area contributed by atoms with Gasteiger partial charge in [-0.15, -0.1) is 0 Å².